The van der Waals surface area contributed by atoms with Crippen LogP contribution in [0.5, 0.6) is 0 Å². The summed E-state index contributed by atoms with van der Waals surface area (Å²) in [5.41, 5.74) is 0.946. The maximum absolute atomic E-state index is 11.1. The van der Waals surface area contributed by atoms with Crippen molar-refractivity contribution in [1.82, 2.24) is 0 Å². The SMILES string of the molecule is CCOC(=O)CC(Cl)c1ccccc1. The summed E-state index contributed by atoms with van der Waals surface area (Å²) in [6, 6.07) is 9.51. The van der Waals surface area contributed by atoms with Gasteiger partial charge in [-0.05, 0) is 12.5 Å². The molecule has 1 aromatic carbocycles. The Morgan fingerprint density at radius 2 is 2.07 bits per heavy atom. The van der Waals surface area contributed by atoms with Gasteiger partial charge in [0, 0.05) is 0 Å². The van der Waals surface area contributed by atoms with Gasteiger partial charge in [0.15, 0.2) is 0 Å². The summed E-state index contributed by atoms with van der Waals surface area (Å²) in [5.74, 6) is -0.253. The molecule has 1 rings (SSSR count). The third-order valence-corrected chi connectivity index (χ3v) is 2.22. The lowest BCUT2D eigenvalue weighted by atomic mass is 10.1. The van der Waals surface area contributed by atoms with E-state index >= 15 is 0 Å². The van der Waals surface area contributed by atoms with Crippen molar-refractivity contribution in [2.75, 3.05) is 6.61 Å². The Morgan fingerprint density at radius 1 is 1.43 bits per heavy atom. The minimum atomic E-state index is -0.296. The molecule has 1 unspecified atom stereocenters. The van der Waals surface area contributed by atoms with Crippen molar-refractivity contribution in [3.63, 3.8) is 0 Å². The predicted octanol–water partition coefficient (Wildman–Crippen LogP) is 2.92. The third kappa shape index (κ3) is 3.38. The second kappa shape index (κ2) is 5.66. The monoisotopic (exact) mass is 212 g/mol. The molecule has 3 heteroatoms. The molecule has 0 heterocycles. The zero-order valence-electron chi connectivity index (χ0n) is 8.07. The predicted molar refractivity (Wildman–Crippen MR) is 56.3 cm³/mol. The quantitative estimate of drug-likeness (QED) is 0.567. The minimum absolute atomic E-state index is 0.222. The van der Waals surface area contributed by atoms with Crippen LogP contribution in [0.15, 0.2) is 30.3 Å². The van der Waals surface area contributed by atoms with Gasteiger partial charge < -0.3 is 4.74 Å². The molecular formula is C11H13ClO2. The molecule has 0 saturated carbocycles. The molecule has 2 nitrogen and oxygen atoms in total. The topological polar surface area (TPSA) is 26.3 Å². The number of esters is 1. The van der Waals surface area contributed by atoms with Crippen LogP contribution in [0.4, 0.5) is 0 Å². The van der Waals surface area contributed by atoms with Crippen LogP contribution in [-0.2, 0) is 9.53 Å². The van der Waals surface area contributed by atoms with Gasteiger partial charge in [-0.15, -0.1) is 11.6 Å². The molecule has 0 aromatic heterocycles. The van der Waals surface area contributed by atoms with Crippen LogP contribution in [0.2, 0.25) is 0 Å². The number of halogens is 1. The van der Waals surface area contributed by atoms with Crippen LogP contribution in [0.25, 0.3) is 0 Å². The van der Waals surface area contributed by atoms with E-state index in [0.29, 0.717) is 6.61 Å². The first-order valence-electron chi connectivity index (χ1n) is 4.58. The number of hydrogen-bond donors (Lipinski definition) is 0. The van der Waals surface area contributed by atoms with Gasteiger partial charge in [-0.3, -0.25) is 4.79 Å². The van der Waals surface area contributed by atoms with Crippen LogP contribution in [0, 0.1) is 0 Å². The molecule has 1 atom stereocenters. The highest BCUT2D eigenvalue weighted by Gasteiger charge is 2.13. The van der Waals surface area contributed by atoms with Crippen LogP contribution < -0.4 is 0 Å². The van der Waals surface area contributed by atoms with Gasteiger partial charge in [-0.1, -0.05) is 30.3 Å². The zero-order chi connectivity index (χ0) is 10.4. The Hall–Kier alpha value is -1.02. The summed E-state index contributed by atoms with van der Waals surface area (Å²) in [7, 11) is 0. The minimum Gasteiger partial charge on any atom is -0.466 e. The number of hydrogen-bond acceptors (Lipinski definition) is 2. The standard InChI is InChI=1S/C11H13ClO2/c1-2-14-11(13)8-10(12)9-6-4-3-5-7-9/h3-7,10H,2,8H2,1H3. The van der Waals surface area contributed by atoms with Gasteiger partial charge in [0.1, 0.15) is 0 Å². The van der Waals surface area contributed by atoms with Gasteiger partial charge >= 0.3 is 5.97 Å². The van der Waals surface area contributed by atoms with E-state index in [1.54, 1.807) is 6.92 Å². The van der Waals surface area contributed by atoms with Crippen LogP contribution in [0.1, 0.15) is 24.3 Å². The second-order valence-electron chi connectivity index (χ2n) is 2.89. The Labute approximate surface area is 88.8 Å². The summed E-state index contributed by atoms with van der Waals surface area (Å²) < 4.78 is 4.81. The Morgan fingerprint density at radius 3 is 2.64 bits per heavy atom. The number of ether oxygens (including phenoxy) is 1. The third-order valence-electron chi connectivity index (χ3n) is 1.81. The maximum Gasteiger partial charge on any atom is 0.307 e. The van der Waals surface area contributed by atoms with Gasteiger partial charge in [0.25, 0.3) is 0 Å². The smallest absolute Gasteiger partial charge is 0.307 e. The lowest BCUT2D eigenvalue weighted by molar-refractivity contribution is -0.143. The molecule has 0 fully saturated rings. The molecular weight excluding hydrogens is 200 g/mol. The van der Waals surface area contributed by atoms with Crippen molar-refractivity contribution >= 4 is 17.6 Å². The molecule has 0 amide bonds. The number of benzene rings is 1. The molecule has 0 saturated heterocycles. The highest BCUT2D eigenvalue weighted by atomic mass is 35.5. The lowest BCUT2D eigenvalue weighted by Crippen LogP contribution is -2.06. The van der Waals surface area contributed by atoms with E-state index in [2.05, 4.69) is 0 Å². The van der Waals surface area contributed by atoms with Crippen LogP contribution in [-0.4, -0.2) is 12.6 Å². The first-order chi connectivity index (χ1) is 6.74. The summed E-state index contributed by atoms with van der Waals surface area (Å²) >= 11 is 6.04. The fraction of sp³-hybridized carbons (Fsp3) is 0.364. The number of alkyl halides is 1. The van der Waals surface area contributed by atoms with Crippen molar-refractivity contribution in [3.05, 3.63) is 35.9 Å². The van der Waals surface area contributed by atoms with E-state index in [0.717, 1.165) is 5.56 Å². The fourth-order valence-corrected chi connectivity index (χ4v) is 1.42. The number of rotatable bonds is 4. The Kier molecular flexibility index (Phi) is 4.47. The number of carbonyl (C=O) groups is 1. The zero-order valence-corrected chi connectivity index (χ0v) is 8.83. The molecule has 0 aliphatic heterocycles. The van der Waals surface area contributed by atoms with E-state index in [1.807, 2.05) is 30.3 Å². The summed E-state index contributed by atoms with van der Waals surface area (Å²) in [4.78, 5) is 11.1. The van der Waals surface area contributed by atoms with Gasteiger partial charge in [0.2, 0.25) is 0 Å². The molecule has 76 valence electrons. The van der Waals surface area contributed by atoms with E-state index in [9.17, 15) is 4.79 Å². The van der Waals surface area contributed by atoms with Crippen LogP contribution >= 0.6 is 11.6 Å². The van der Waals surface area contributed by atoms with E-state index in [1.165, 1.54) is 0 Å². The molecule has 0 bridgehead atoms. The van der Waals surface area contributed by atoms with Crippen molar-refractivity contribution in [1.29, 1.82) is 0 Å². The largest absolute Gasteiger partial charge is 0.466 e. The highest BCUT2D eigenvalue weighted by Crippen LogP contribution is 2.23. The lowest BCUT2D eigenvalue weighted by Gasteiger charge is -2.08. The molecule has 0 spiro atoms. The normalized spacial score (nSPS) is 12.1. The first kappa shape index (κ1) is 11.1. The van der Waals surface area contributed by atoms with Crippen molar-refractivity contribution < 1.29 is 9.53 Å². The second-order valence-corrected chi connectivity index (χ2v) is 3.41. The number of carbonyl (C=O) groups excluding carboxylic acids is 1. The Bertz CT molecular complexity index is 285. The summed E-state index contributed by atoms with van der Waals surface area (Å²) in [5, 5.41) is -0.296. The summed E-state index contributed by atoms with van der Waals surface area (Å²) in [6.45, 7) is 2.18. The molecule has 14 heavy (non-hydrogen) atoms. The Balaban J connectivity index is 2.50. The average molecular weight is 213 g/mol. The van der Waals surface area contributed by atoms with Gasteiger partial charge in [-0.25, -0.2) is 0 Å². The molecule has 0 N–H and O–H groups in total. The van der Waals surface area contributed by atoms with E-state index in [-0.39, 0.29) is 17.8 Å². The van der Waals surface area contributed by atoms with Crippen molar-refractivity contribution in [3.8, 4) is 0 Å². The molecule has 0 aliphatic rings. The van der Waals surface area contributed by atoms with Crippen LogP contribution in [0.3, 0.4) is 0 Å². The van der Waals surface area contributed by atoms with Gasteiger partial charge in [0.05, 0.1) is 18.4 Å². The molecule has 0 aliphatic carbocycles. The van der Waals surface area contributed by atoms with E-state index in [4.69, 9.17) is 16.3 Å². The van der Waals surface area contributed by atoms with Gasteiger partial charge in [-0.2, -0.15) is 0 Å². The fourth-order valence-electron chi connectivity index (χ4n) is 1.15. The van der Waals surface area contributed by atoms with Crippen molar-refractivity contribution in [2.45, 2.75) is 18.7 Å². The first-order valence-corrected chi connectivity index (χ1v) is 5.02. The summed E-state index contributed by atoms with van der Waals surface area (Å²) in [6.07, 6.45) is 0.222. The van der Waals surface area contributed by atoms with Crippen molar-refractivity contribution in [2.24, 2.45) is 0 Å². The van der Waals surface area contributed by atoms with E-state index < -0.39 is 0 Å². The molecule has 0 radical (unpaired) electrons. The maximum atomic E-state index is 11.1. The average Bonchev–Trinajstić information content (AvgIpc) is 2.19. The highest BCUT2D eigenvalue weighted by molar-refractivity contribution is 6.21. The molecule has 1 aromatic rings.